The second-order valence-corrected chi connectivity index (χ2v) is 9.31. The van der Waals surface area contributed by atoms with Crippen molar-refractivity contribution in [3.63, 3.8) is 0 Å². The number of rotatable bonds is 4. The summed E-state index contributed by atoms with van der Waals surface area (Å²) in [5, 5.41) is 0. The number of hydrogen-bond donors (Lipinski definition) is 0. The van der Waals surface area contributed by atoms with Crippen molar-refractivity contribution in [2.45, 2.75) is 43.8 Å². The fraction of sp³-hybridized carbons (Fsp3) is 0.722. The maximum absolute atomic E-state index is 12.9. The molecule has 0 amide bonds. The van der Waals surface area contributed by atoms with Gasteiger partial charge in [0, 0.05) is 45.4 Å². The highest BCUT2D eigenvalue weighted by atomic mass is 32.2. The number of aryl methyl sites for hydroxylation is 1. The van der Waals surface area contributed by atoms with E-state index >= 15 is 0 Å². The summed E-state index contributed by atoms with van der Waals surface area (Å²) in [7, 11) is -3.87. The van der Waals surface area contributed by atoms with Gasteiger partial charge in [-0.05, 0) is 44.7 Å². The van der Waals surface area contributed by atoms with Gasteiger partial charge in [-0.2, -0.15) is 17.5 Å². The van der Waals surface area contributed by atoms with Gasteiger partial charge < -0.3 is 4.74 Å². The van der Waals surface area contributed by atoms with Crippen molar-refractivity contribution in [3.05, 3.63) is 23.5 Å². The molecule has 0 N–H and O–H groups in total. The topological polar surface area (TPSA) is 62.7 Å². The average Bonchev–Trinajstić information content (AvgIpc) is 2.67. The van der Waals surface area contributed by atoms with E-state index in [0.717, 1.165) is 38.2 Å². The van der Waals surface area contributed by atoms with Gasteiger partial charge in [0.1, 0.15) is 10.6 Å². The molecule has 1 aromatic rings. The summed E-state index contributed by atoms with van der Waals surface area (Å²) in [4.78, 5) is 5.59. The van der Waals surface area contributed by atoms with E-state index in [1.54, 1.807) is 0 Å². The summed E-state index contributed by atoms with van der Waals surface area (Å²) in [6.45, 7) is 6.84. The third-order valence-corrected chi connectivity index (χ3v) is 7.78. The fourth-order valence-electron chi connectivity index (χ4n) is 3.97. The van der Waals surface area contributed by atoms with Crippen molar-refractivity contribution in [2.75, 3.05) is 39.4 Å². The number of ether oxygens (including phenoxy) is 1. The highest BCUT2D eigenvalue weighted by molar-refractivity contribution is 7.89. The summed E-state index contributed by atoms with van der Waals surface area (Å²) in [5.74, 6) is 0.540. The van der Waals surface area contributed by atoms with Crippen LogP contribution in [0.5, 0.6) is 0 Å². The van der Waals surface area contributed by atoms with Crippen molar-refractivity contribution in [1.29, 1.82) is 0 Å². The number of nitrogens with zero attached hydrogens (tertiary/aromatic N) is 3. The second kappa shape index (κ2) is 8.25. The molecule has 1 aromatic heterocycles. The van der Waals surface area contributed by atoms with Gasteiger partial charge in [0.05, 0.1) is 5.69 Å². The predicted molar refractivity (Wildman–Crippen MR) is 97.3 cm³/mol. The molecule has 0 spiro atoms. The second-order valence-electron chi connectivity index (χ2n) is 7.41. The Morgan fingerprint density at radius 2 is 1.75 bits per heavy atom. The van der Waals surface area contributed by atoms with Crippen LogP contribution in [0.1, 0.15) is 31.2 Å². The highest BCUT2D eigenvalue weighted by Crippen LogP contribution is 2.30. The molecule has 0 aromatic carbocycles. The van der Waals surface area contributed by atoms with E-state index in [1.807, 2.05) is 0 Å². The molecule has 2 aliphatic heterocycles. The van der Waals surface area contributed by atoms with Crippen LogP contribution >= 0.6 is 0 Å². The lowest BCUT2D eigenvalue weighted by Crippen LogP contribution is -2.53. The normalized spacial score (nSPS) is 22.3. The summed E-state index contributed by atoms with van der Waals surface area (Å²) in [6.07, 6.45) is -2.58. The van der Waals surface area contributed by atoms with Crippen LogP contribution in [0.2, 0.25) is 0 Å². The Bertz CT molecular complexity index is 787. The summed E-state index contributed by atoms with van der Waals surface area (Å²) < 4.78 is 70.9. The van der Waals surface area contributed by atoms with Crippen molar-refractivity contribution in [1.82, 2.24) is 14.2 Å². The van der Waals surface area contributed by atoms with Gasteiger partial charge in [-0.25, -0.2) is 13.4 Å². The molecular formula is C18H26F3N3O3S. The maximum Gasteiger partial charge on any atom is 0.433 e. The molecular weight excluding hydrogens is 395 g/mol. The summed E-state index contributed by atoms with van der Waals surface area (Å²) >= 11 is 0. The van der Waals surface area contributed by atoms with Gasteiger partial charge in [0.15, 0.2) is 0 Å². The van der Waals surface area contributed by atoms with Crippen LogP contribution in [-0.4, -0.2) is 68.0 Å². The Balaban J connectivity index is 1.68. The van der Waals surface area contributed by atoms with E-state index in [2.05, 4.69) is 16.8 Å². The number of hydrogen-bond acceptors (Lipinski definition) is 5. The third-order valence-electron chi connectivity index (χ3n) is 5.74. The van der Waals surface area contributed by atoms with E-state index in [9.17, 15) is 21.6 Å². The van der Waals surface area contributed by atoms with Crippen molar-refractivity contribution >= 4 is 10.0 Å². The van der Waals surface area contributed by atoms with E-state index in [4.69, 9.17) is 4.74 Å². The zero-order valence-corrected chi connectivity index (χ0v) is 16.9. The van der Waals surface area contributed by atoms with Gasteiger partial charge in [0.25, 0.3) is 0 Å². The van der Waals surface area contributed by atoms with E-state index < -0.39 is 21.9 Å². The minimum absolute atomic E-state index is 0.132. The number of piperazine rings is 1. The molecule has 2 aliphatic rings. The Hall–Kier alpha value is -1.23. The van der Waals surface area contributed by atoms with Crippen LogP contribution < -0.4 is 0 Å². The quantitative estimate of drug-likeness (QED) is 0.748. The Morgan fingerprint density at radius 3 is 2.29 bits per heavy atom. The molecule has 6 nitrogen and oxygen atoms in total. The third kappa shape index (κ3) is 4.50. The fourth-order valence-corrected chi connectivity index (χ4v) is 5.55. The number of pyridine rings is 1. The monoisotopic (exact) mass is 421 g/mol. The molecule has 2 fully saturated rings. The number of alkyl halides is 3. The Labute approximate surface area is 163 Å². The first-order valence-corrected chi connectivity index (χ1v) is 10.9. The van der Waals surface area contributed by atoms with Crippen LogP contribution in [0.3, 0.4) is 0 Å². The zero-order valence-electron chi connectivity index (χ0n) is 16.1. The van der Waals surface area contributed by atoms with Crippen LogP contribution in [0.4, 0.5) is 13.2 Å². The smallest absolute Gasteiger partial charge is 0.381 e. The lowest BCUT2D eigenvalue weighted by atomic mass is 9.91. The first-order valence-electron chi connectivity index (χ1n) is 9.47. The van der Waals surface area contributed by atoms with Crippen LogP contribution in [0.25, 0.3) is 0 Å². The molecule has 1 atom stereocenters. The molecule has 0 bridgehead atoms. The van der Waals surface area contributed by atoms with Crippen molar-refractivity contribution in [3.8, 4) is 0 Å². The lowest BCUT2D eigenvalue weighted by Gasteiger charge is -2.41. The molecule has 0 aliphatic carbocycles. The molecule has 28 heavy (non-hydrogen) atoms. The van der Waals surface area contributed by atoms with Crippen LogP contribution in [0, 0.1) is 12.8 Å². The molecule has 1 unspecified atom stereocenters. The van der Waals surface area contributed by atoms with Crippen LogP contribution in [0.15, 0.2) is 17.0 Å². The Morgan fingerprint density at radius 1 is 1.14 bits per heavy atom. The van der Waals surface area contributed by atoms with Crippen LogP contribution in [-0.2, 0) is 20.9 Å². The molecule has 0 saturated carbocycles. The highest BCUT2D eigenvalue weighted by Gasteiger charge is 2.36. The average molecular weight is 421 g/mol. The molecule has 2 saturated heterocycles. The minimum atomic E-state index is -4.60. The molecule has 0 radical (unpaired) electrons. The molecule has 3 rings (SSSR count). The van der Waals surface area contributed by atoms with Gasteiger partial charge in [-0.1, -0.05) is 0 Å². The standard InChI is InChI=1S/C18H26F3N3O3S/c1-13-16(3-4-17(22-13)18(19,20)21)28(25,26)24-9-7-23(8-10-24)14(2)15-5-11-27-12-6-15/h3-4,14-15H,5-12H2,1-2H3. The SMILES string of the molecule is Cc1nc(C(F)(F)F)ccc1S(=O)(=O)N1CCN(C(C)C2CCOCC2)CC1. The van der Waals surface area contributed by atoms with Crippen molar-refractivity contribution < 1.29 is 26.3 Å². The number of sulfonamides is 1. The summed E-state index contributed by atoms with van der Waals surface area (Å²) in [5.41, 5.74) is -1.22. The minimum Gasteiger partial charge on any atom is -0.381 e. The number of halogens is 3. The largest absolute Gasteiger partial charge is 0.433 e. The lowest BCUT2D eigenvalue weighted by molar-refractivity contribution is -0.141. The first kappa shape index (κ1) is 21.5. The zero-order chi connectivity index (χ0) is 20.5. The van der Waals surface area contributed by atoms with Gasteiger partial charge in [0.2, 0.25) is 10.0 Å². The van der Waals surface area contributed by atoms with Gasteiger partial charge >= 0.3 is 6.18 Å². The van der Waals surface area contributed by atoms with Gasteiger partial charge in [-0.15, -0.1) is 0 Å². The van der Waals surface area contributed by atoms with E-state index in [0.29, 0.717) is 38.1 Å². The van der Waals surface area contributed by atoms with Gasteiger partial charge in [-0.3, -0.25) is 4.90 Å². The predicted octanol–water partition coefficient (Wildman–Crippen LogP) is 2.53. The summed E-state index contributed by atoms with van der Waals surface area (Å²) in [6, 6.07) is 2.09. The first-order chi connectivity index (χ1) is 13.1. The Kier molecular flexibility index (Phi) is 6.33. The van der Waals surface area contributed by atoms with E-state index in [-0.39, 0.29) is 10.6 Å². The maximum atomic E-state index is 12.9. The van der Waals surface area contributed by atoms with Crippen molar-refractivity contribution in [2.24, 2.45) is 5.92 Å². The molecule has 3 heterocycles. The number of aromatic nitrogens is 1. The van der Waals surface area contributed by atoms with E-state index in [1.165, 1.54) is 11.2 Å². The molecule has 10 heteroatoms. The molecule has 158 valence electrons.